The molecule has 0 aliphatic carbocycles. The van der Waals surface area contributed by atoms with Crippen molar-refractivity contribution >= 4 is 23.2 Å². The van der Waals surface area contributed by atoms with Crippen LogP contribution in [0.5, 0.6) is 0 Å². The molecule has 2 aromatic rings. The van der Waals surface area contributed by atoms with Crippen molar-refractivity contribution in [1.29, 1.82) is 0 Å². The Labute approximate surface area is 111 Å². The third-order valence-corrected chi connectivity index (χ3v) is 2.97. The second-order valence-electron chi connectivity index (χ2n) is 4.00. The maximum Gasteiger partial charge on any atom is 0.255 e. The Hall–Kier alpha value is -1.40. The summed E-state index contributed by atoms with van der Waals surface area (Å²) in [7, 11) is 1.69. The van der Waals surface area contributed by atoms with Crippen LogP contribution in [0.2, 0.25) is 5.15 Å². The SMILES string of the molecule is CCN(c1cc(Cl)nc2ncnn12)C(C)COC. The van der Waals surface area contributed by atoms with Gasteiger partial charge in [-0.15, -0.1) is 0 Å². The van der Waals surface area contributed by atoms with E-state index in [0.29, 0.717) is 17.5 Å². The van der Waals surface area contributed by atoms with Crippen molar-refractivity contribution in [3.63, 3.8) is 0 Å². The fourth-order valence-corrected chi connectivity index (χ4v) is 2.18. The monoisotopic (exact) mass is 269 g/mol. The third-order valence-electron chi connectivity index (χ3n) is 2.78. The van der Waals surface area contributed by atoms with Gasteiger partial charge >= 0.3 is 0 Å². The molecule has 0 spiro atoms. The number of ether oxygens (including phenoxy) is 1. The molecule has 1 atom stereocenters. The highest BCUT2D eigenvalue weighted by Crippen LogP contribution is 2.20. The number of aromatic nitrogens is 4. The van der Waals surface area contributed by atoms with Crippen LogP contribution >= 0.6 is 11.6 Å². The summed E-state index contributed by atoms with van der Waals surface area (Å²) in [6, 6.07) is 2.00. The summed E-state index contributed by atoms with van der Waals surface area (Å²) in [5.74, 6) is 1.37. The Morgan fingerprint density at radius 2 is 2.33 bits per heavy atom. The van der Waals surface area contributed by atoms with E-state index in [1.807, 2.05) is 0 Å². The number of hydrogen-bond acceptors (Lipinski definition) is 5. The number of halogens is 1. The molecule has 2 heterocycles. The zero-order valence-electron chi connectivity index (χ0n) is 10.7. The lowest BCUT2D eigenvalue weighted by atomic mass is 10.3. The van der Waals surface area contributed by atoms with Crippen LogP contribution in [0.15, 0.2) is 12.4 Å². The summed E-state index contributed by atoms with van der Waals surface area (Å²) in [6.07, 6.45) is 1.47. The Balaban J connectivity index is 2.46. The van der Waals surface area contributed by atoms with Gasteiger partial charge in [-0.2, -0.15) is 19.6 Å². The molecule has 0 bridgehead atoms. The molecule has 6 nitrogen and oxygen atoms in total. The molecule has 0 fully saturated rings. The molecule has 0 aliphatic rings. The van der Waals surface area contributed by atoms with Crippen LogP contribution in [-0.2, 0) is 4.74 Å². The molecule has 0 aromatic carbocycles. The molecule has 0 N–H and O–H groups in total. The zero-order valence-corrected chi connectivity index (χ0v) is 11.4. The summed E-state index contributed by atoms with van der Waals surface area (Å²) in [4.78, 5) is 10.3. The first kappa shape index (κ1) is 13.0. The lowest BCUT2D eigenvalue weighted by Crippen LogP contribution is -2.37. The summed E-state index contributed by atoms with van der Waals surface area (Å²) in [5, 5.41) is 4.58. The molecule has 7 heteroatoms. The lowest BCUT2D eigenvalue weighted by Gasteiger charge is -2.29. The first-order chi connectivity index (χ1) is 8.67. The van der Waals surface area contributed by atoms with Crippen LogP contribution in [0.4, 0.5) is 5.82 Å². The summed E-state index contributed by atoms with van der Waals surface area (Å²) < 4.78 is 6.88. The van der Waals surface area contributed by atoms with Gasteiger partial charge < -0.3 is 9.64 Å². The van der Waals surface area contributed by atoms with Crippen LogP contribution in [-0.4, -0.2) is 45.9 Å². The maximum atomic E-state index is 6.01. The Kier molecular flexibility index (Phi) is 3.98. The predicted octanol–water partition coefficient (Wildman–Crippen LogP) is 1.64. The van der Waals surface area contributed by atoms with E-state index in [1.54, 1.807) is 17.7 Å². The van der Waals surface area contributed by atoms with Gasteiger partial charge in [0, 0.05) is 19.7 Å². The molecule has 0 aliphatic heterocycles. The molecule has 98 valence electrons. The summed E-state index contributed by atoms with van der Waals surface area (Å²) in [5.41, 5.74) is 0. The van der Waals surface area contributed by atoms with Crippen LogP contribution < -0.4 is 4.90 Å². The van der Waals surface area contributed by atoms with Crippen molar-refractivity contribution in [1.82, 2.24) is 19.6 Å². The minimum absolute atomic E-state index is 0.214. The number of anilines is 1. The van der Waals surface area contributed by atoms with E-state index >= 15 is 0 Å². The molecule has 1 unspecified atom stereocenters. The highest BCUT2D eigenvalue weighted by atomic mass is 35.5. The van der Waals surface area contributed by atoms with Gasteiger partial charge in [0.1, 0.15) is 17.3 Å². The first-order valence-corrected chi connectivity index (χ1v) is 6.17. The van der Waals surface area contributed by atoms with Gasteiger partial charge in [-0.05, 0) is 13.8 Å². The highest BCUT2D eigenvalue weighted by Gasteiger charge is 2.17. The normalized spacial score (nSPS) is 12.9. The number of rotatable bonds is 5. The average molecular weight is 270 g/mol. The van der Waals surface area contributed by atoms with E-state index in [9.17, 15) is 0 Å². The van der Waals surface area contributed by atoms with Crippen LogP contribution in [0, 0.1) is 0 Å². The van der Waals surface area contributed by atoms with E-state index in [0.717, 1.165) is 12.4 Å². The van der Waals surface area contributed by atoms with E-state index in [2.05, 4.69) is 33.8 Å². The predicted molar refractivity (Wildman–Crippen MR) is 70.2 cm³/mol. The highest BCUT2D eigenvalue weighted by molar-refractivity contribution is 6.29. The van der Waals surface area contributed by atoms with E-state index in [1.165, 1.54) is 6.33 Å². The Morgan fingerprint density at radius 3 is 3.00 bits per heavy atom. The maximum absolute atomic E-state index is 6.01. The van der Waals surface area contributed by atoms with Crippen molar-refractivity contribution in [2.75, 3.05) is 25.2 Å². The van der Waals surface area contributed by atoms with Crippen LogP contribution in [0.25, 0.3) is 5.78 Å². The molecule has 18 heavy (non-hydrogen) atoms. The number of hydrogen-bond donors (Lipinski definition) is 0. The molecule has 0 radical (unpaired) electrons. The van der Waals surface area contributed by atoms with Crippen LogP contribution in [0.1, 0.15) is 13.8 Å². The quantitative estimate of drug-likeness (QED) is 0.773. The van der Waals surface area contributed by atoms with Crippen LogP contribution in [0.3, 0.4) is 0 Å². The molecule has 0 saturated carbocycles. The van der Waals surface area contributed by atoms with Gasteiger partial charge in [-0.1, -0.05) is 11.6 Å². The standard InChI is InChI=1S/C11H16ClN5O/c1-4-16(8(2)6-18-3)10-5-9(12)15-11-13-7-14-17(10)11/h5,7-8H,4,6H2,1-3H3. The Bertz CT molecular complexity index is 529. The van der Waals surface area contributed by atoms with Gasteiger partial charge in [0.05, 0.1) is 12.6 Å². The molecule has 2 aromatic heterocycles. The van der Waals surface area contributed by atoms with Crippen molar-refractivity contribution in [2.24, 2.45) is 0 Å². The fourth-order valence-electron chi connectivity index (χ4n) is 2.00. The van der Waals surface area contributed by atoms with Gasteiger partial charge in [0.25, 0.3) is 5.78 Å². The minimum Gasteiger partial charge on any atom is -0.383 e. The third kappa shape index (κ3) is 2.39. The average Bonchev–Trinajstić information content (AvgIpc) is 2.78. The van der Waals surface area contributed by atoms with Gasteiger partial charge in [0.2, 0.25) is 0 Å². The fraction of sp³-hybridized carbons (Fsp3) is 0.545. The molecule has 2 rings (SSSR count). The summed E-state index contributed by atoms with van der Waals surface area (Å²) >= 11 is 6.01. The van der Waals surface area contributed by atoms with Gasteiger partial charge in [-0.3, -0.25) is 0 Å². The van der Waals surface area contributed by atoms with E-state index in [4.69, 9.17) is 16.3 Å². The van der Waals surface area contributed by atoms with Gasteiger partial charge in [0.15, 0.2) is 0 Å². The lowest BCUT2D eigenvalue weighted by molar-refractivity contribution is 0.181. The topological polar surface area (TPSA) is 55.6 Å². The first-order valence-electron chi connectivity index (χ1n) is 5.79. The summed E-state index contributed by atoms with van der Waals surface area (Å²) in [6.45, 7) is 5.61. The van der Waals surface area contributed by atoms with Crippen molar-refractivity contribution in [3.8, 4) is 0 Å². The van der Waals surface area contributed by atoms with Crippen molar-refractivity contribution in [3.05, 3.63) is 17.5 Å². The Morgan fingerprint density at radius 1 is 1.56 bits per heavy atom. The van der Waals surface area contributed by atoms with E-state index < -0.39 is 0 Å². The molecular formula is C11H16ClN5O. The van der Waals surface area contributed by atoms with Gasteiger partial charge in [-0.25, -0.2) is 0 Å². The smallest absolute Gasteiger partial charge is 0.255 e. The largest absolute Gasteiger partial charge is 0.383 e. The number of nitrogens with zero attached hydrogens (tertiary/aromatic N) is 5. The van der Waals surface area contributed by atoms with Crippen molar-refractivity contribution in [2.45, 2.75) is 19.9 Å². The van der Waals surface area contributed by atoms with E-state index in [-0.39, 0.29) is 6.04 Å². The number of fused-ring (bicyclic) bond motifs is 1. The number of methoxy groups -OCH3 is 1. The molecule has 0 amide bonds. The zero-order chi connectivity index (χ0) is 13.1. The number of likely N-dealkylation sites (N-methyl/N-ethyl adjacent to an activating group) is 1. The molecule has 0 saturated heterocycles. The minimum atomic E-state index is 0.214. The van der Waals surface area contributed by atoms with Crippen molar-refractivity contribution < 1.29 is 4.74 Å². The second-order valence-corrected chi connectivity index (χ2v) is 4.39. The second kappa shape index (κ2) is 5.49. The molecular weight excluding hydrogens is 254 g/mol.